The molecule has 0 radical (unpaired) electrons. The average Bonchev–Trinajstić information content (AvgIpc) is 2.28. The van der Waals surface area contributed by atoms with Crippen LogP contribution in [0.1, 0.15) is 6.92 Å². The number of aromatic nitrogens is 2. The molecule has 1 heterocycles. The highest BCUT2D eigenvalue weighted by Crippen LogP contribution is 2.23. The van der Waals surface area contributed by atoms with E-state index in [4.69, 9.17) is 5.11 Å². The first-order chi connectivity index (χ1) is 8.34. The third kappa shape index (κ3) is 4.30. The molecule has 9 heteroatoms. The minimum absolute atomic E-state index is 0.184. The molecule has 0 amide bonds. The van der Waals surface area contributed by atoms with E-state index in [1.807, 2.05) is 6.92 Å². The van der Waals surface area contributed by atoms with Gasteiger partial charge in [-0.3, -0.25) is 0 Å². The van der Waals surface area contributed by atoms with Gasteiger partial charge in [0.2, 0.25) is 5.95 Å². The van der Waals surface area contributed by atoms with Crippen molar-refractivity contribution in [3.63, 3.8) is 0 Å². The Balaban J connectivity index is 2.69. The van der Waals surface area contributed by atoms with E-state index in [1.54, 1.807) is 0 Å². The molecule has 0 aliphatic rings. The summed E-state index contributed by atoms with van der Waals surface area (Å²) in [5, 5.41) is 14.1. The zero-order chi connectivity index (χ0) is 13.8. The molecule has 18 heavy (non-hydrogen) atoms. The van der Waals surface area contributed by atoms with Crippen LogP contribution in [0, 0.1) is 0 Å². The summed E-state index contributed by atoms with van der Waals surface area (Å²) in [6, 6.07) is 0. The minimum Gasteiger partial charge on any atom is -0.382 e. The Morgan fingerprint density at radius 3 is 2.67 bits per heavy atom. The standard InChI is InChI=1S/C9H12BrF3N4O/c1-2-14-8-16-3-5(10)7(17-8)15-4-6(18)9(11,12)13/h3,6,18H,2,4H2,1H3,(H2,14,15,16,17). The van der Waals surface area contributed by atoms with Crippen molar-refractivity contribution >= 4 is 27.7 Å². The van der Waals surface area contributed by atoms with E-state index < -0.39 is 18.8 Å². The van der Waals surface area contributed by atoms with Gasteiger partial charge in [-0.05, 0) is 22.9 Å². The number of alkyl halides is 3. The summed E-state index contributed by atoms with van der Waals surface area (Å²) in [5.74, 6) is 0.481. The number of aliphatic hydroxyl groups excluding tert-OH is 1. The van der Waals surface area contributed by atoms with Crippen LogP contribution in [-0.4, -0.2) is 40.4 Å². The number of hydrogen-bond acceptors (Lipinski definition) is 5. The maximum Gasteiger partial charge on any atom is 0.416 e. The number of aliphatic hydroxyl groups is 1. The lowest BCUT2D eigenvalue weighted by molar-refractivity contribution is -0.198. The molecular weight excluding hydrogens is 317 g/mol. The number of hydrogen-bond donors (Lipinski definition) is 3. The molecule has 3 N–H and O–H groups in total. The van der Waals surface area contributed by atoms with Gasteiger partial charge in [0, 0.05) is 12.7 Å². The zero-order valence-corrected chi connectivity index (χ0v) is 11.0. The van der Waals surface area contributed by atoms with Crippen molar-refractivity contribution in [2.45, 2.75) is 19.2 Å². The second-order valence-electron chi connectivity index (χ2n) is 3.36. The van der Waals surface area contributed by atoms with Crippen molar-refractivity contribution in [1.82, 2.24) is 9.97 Å². The molecule has 0 saturated carbocycles. The lowest BCUT2D eigenvalue weighted by Crippen LogP contribution is -2.35. The summed E-state index contributed by atoms with van der Waals surface area (Å²) in [5.41, 5.74) is 0. The molecule has 1 aromatic heterocycles. The van der Waals surface area contributed by atoms with Crippen molar-refractivity contribution in [3.05, 3.63) is 10.7 Å². The zero-order valence-electron chi connectivity index (χ0n) is 9.42. The molecule has 1 atom stereocenters. The van der Waals surface area contributed by atoms with E-state index in [0.29, 0.717) is 17.0 Å². The summed E-state index contributed by atoms with van der Waals surface area (Å²) in [6.07, 6.45) is -5.69. The first-order valence-electron chi connectivity index (χ1n) is 5.09. The second kappa shape index (κ2) is 6.19. The van der Waals surface area contributed by atoms with Crippen molar-refractivity contribution in [2.24, 2.45) is 0 Å². The van der Waals surface area contributed by atoms with Crippen LogP contribution in [0.25, 0.3) is 0 Å². The van der Waals surface area contributed by atoms with Crippen LogP contribution in [-0.2, 0) is 0 Å². The van der Waals surface area contributed by atoms with Gasteiger partial charge in [-0.1, -0.05) is 0 Å². The van der Waals surface area contributed by atoms with Gasteiger partial charge >= 0.3 is 6.18 Å². The van der Waals surface area contributed by atoms with E-state index >= 15 is 0 Å². The van der Waals surface area contributed by atoms with Gasteiger partial charge < -0.3 is 15.7 Å². The first kappa shape index (κ1) is 15.0. The van der Waals surface area contributed by atoms with Crippen LogP contribution in [0.15, 0.2) is 10.7 Å². The maximum atomic E-state index is 12.1. The van der Waals surface area contributed by atoms with Gasteiger partial charge in [-0.15, -0.1) is 0 Å². The molecule has 0 bridgehead atoms. The second-order valence-corrected chi connectivity index (χ2v) is 4.21. The molecular formula is C9H12BrF3N4O. The highest BCUT2D eigenvalue weighted by Gasteiger charge is 2.37. The summed E-state index contributed by atoms with van der Waals surface area (Å²) in [4.78, 5) is 7.87. The lowest BCUT2D eigenvalue weighted by atomic mass is 10.3. The summed E-state index contributed by atoms with van der Waals surface area (Å²) >= 11 is 3.10. The number of nitrogens with one attached hydrogen (secondary N) is 2. The van der Waals surface area contributed by atoms with Gasteiger partial charge in [0.15, 0.2) is 6.10 Å². The van der Waals surface area contributed by atoms with E-state index in [1.165, 1.54) is 6.20 Å². The largest absolute Gasteiger partial charge is 0.416 e. The fraction of sp³-hybridized carbons (Fsp3) is 0.556. The van der Waals surface area contributed by atoms with Crippen LogP contribution in [0.3, 0.4) is 0 Å². The average molecular weight is 329 g/mol. The first-order valence-corrected chi connectivity index (χ1v) is 5.89. The van der Waals surface area contributed by atoms with E-state index in [-0.39, 0.29) is 5.82 Å². The Kier molecular flexibility index (Phi) is 5.15. The van der Waals surface area contributed by atoms with Crippen LogP contribution >= 0.6 is 15.9 Å². The molecule has 102 valence electrons. The Hall–Kier alpha value is -1.09. The topological polar surface area (TPSA) is 70.1 Å². The molecule has 0 aromatic carbocycles. The Labute approximate surface area is 110 Å². The Morgan fingerprint density at radius 1 is 1.44 bits per heavy atom. The highest BCUT2D eigenvalue weighted by atomic mass is 79.9. The quantitative estimate of drug-likeness (QED) is 0.771. The molecule has 0 aliphatic heterocycles. The van der Waals surface area contributed by atoms with Crippen molar-refractivity contribution < 1.29 is 18.3 Å². The lowest BCUT2D eigenvalue weighted by Gasteiger charge is -2.16. The van der Waals surface area contributed by atoms with Gasteiger partial charge in [-0.25, -0.2) is 4.98 Å². The number of nitrogens with zero attached hydrogens (tertiary/aromatic N) is 2. The SMILES string of the molecule is CCNc1ncc(Br)c(NCC(O)C(F)(F)F)n1. The third-order valence-corrected chi connectivity index (χ3v) is 2.50. The molecule has 1 rings (SSSR count). The van der Waals surface area contributed by atoms with Crippen LogP contribution < -0.4 is 10.6 Å². The summed E-state index contributed by atoms with van der Waals surface area (Å²) < 4.78 is 36.7. The fourth-order valence-electron chi connectivity index (χ4n) is 1.04. The van der Waals surface area contributed by atoms with Gasteiger partial charge in [0.25, 0.3) is 0 Å². The summed E-state index contributed by atoms with van der Waals surface area (Å²) in [6.45, 7) is 1.75. The van der Waals surface area contributed by atoms with Crippen LogP contribution in [0.2, 0.25) is 0 Å². The van der Waals surface area contributed by atoms with Gasteiger partial charge in [-0.2, -0.15) is 18.2 Å². The maximum absolute atomic E-state index is 12.1. The molecule has 0 spiro atoms. The van der Waals surface area contributed by atoms with Crippen LogP contribution in [0.4, 0.5) is 24.9 Å². The Morgan fingerprint density at radius 2 is 2.11 bits per heavy atom. The van der Waals surface area contributed by atoms with Gasteiger partial charge in [0.1, 0.15) is 5.82 Å². The Bertz CT molecular complexity index is 402. The monoisotopic (exact) mass is 328 g/mol. The smallest absolute Gasteiger partial charge is 0.382 e. The molecule has 0 aliphatic carbocycles. The molecule has 0 saturated heterocycles. The molecule has 1 unspecified atom stereocenters. The van der Waals surface area contributed by atoms with E-state index in [2.05, 4.69) is 36.5 Å². The third-order valence-electron chi connectivity index (χ3n) is 1.92. The number of rotatable bonds is 5. The molecule has 0 fully saturated rings. The number of anilines is 2. The molecule has 5 nitrogen and oxygen atoms in total. The van der Waals surface area contributed by atoms with E-state index in [9.17, 15) is 13.2 Å². The summed E-state index contributed by atoms with van der Waals surface area (Å²) in [7, 11) is 0. The minimum atomic E-state index is -4.66. The predicted octanol–water partition coefficient (Wildman–Crippen LogP) is 2.01. The normalized spacial score (nSPS) is 13.2. The van der Waals surface area contributed by atoms with E-state index in [0.717, 1.165) is 0 Å². The molecule has 1 aromatic rings. The van der Waals surface area contributed by atoms with Crippen molar-refractivity contribution in [2.75, 3.05) is 23.7 Å². The predicted molar refractivity (Wildman–Crippen MR) is 64.4 cm³/mol. The van der Waals surface area contributed by atoms with Crippen molar-refractivity contribution in [3.8, 4) is 0 Å². The fourth-order valence-corrected chi connectivity index (χ4v) is 1.37. The van der Waals surface area contributed by atoms with Gasteiger partial charge in [0.05, 0.1) is 11.0 Å². The number of halogens is 4. The van der Waals surface area contributed by atoms with Crippen molar-refractivity contribution in [1.29, 1.82) is 0 Å². The highest BCUT2D eigenvalue weighted by molar-refractivity contribution is 9.10. The van der Waals surface area contributed by atoms with Crippen LogP contribution in [0.5, 0.6) is 0 Å².